The second kappa shape index (κ2) is 9.45. The molecule has 0 saturated heterocycles. The zero-order valence-electron chi connectivity index (χ0n) is 16.2. The smallest absolute Gasteiger partial charge is 0.278 e. The summed E-state index contributed by atoms with van der Waals surface area (Å²) < 4.78 is 14.7. The van der Waals surface area contributed by atoms with Crippen LogP contribution in [0.15, 0.2) is 34.2 Å². The Labute approximate surface area is 176 Å². The molecular weight excluding hydrogens is 415 g/mol. The van der Waals surface area contributed by atoms with E-state index in [4.69, 9.17) is 11.6 Å². The molecule has 2 N–H and O–H groups in total. The SMILES string of the molecule is CCCCn1c(SCC(=O)NCc2ccc(F)cc2Cl)nc2cc(C)[nH]c2c1=O. The van der Waals surface area contributed by atoms with E-state index in [2.05, 4.69) is 22.2 Å². The number of nitrogens with zero attached hydrogens (tertiary/aromatic N) is 2. The minimum atomic E-state index is -0.424. The number of hydrogen-bond acceptors (Lipinski definition) is 4. The number of aromatic amines is 1. The van der Waals surface area contributed by atoms with E-state index in [0.717, 1.165) is 18.5 Å². The number of fused-ring (bicyclic) bond motifs is 1. The summed E-state index contributed by atoms with van der Waals surface area (Å²) >= 11 is 7.20. The molecule has 0 aliphatic carbocycles. The van der Waals surface area contributed by atoms with Gasteiger partial charge in [0.15, 0.2) is 5.16 Å². The summed E-state index contributed by atoms with van der Waals surface area (Å²) in [5.41, 5.74) is 2.45. The van der Waals surface area contributed by atoms with Gasteiger partial charge in [0, 0.05) is 23.8 Å². The average molecular weight is 437 g/mol. The Balaban J connectivity index is 1.71. The van der Waals surface area contributed by atoms with Crippen molar-refractivity contribution in [3.8, 4) is 0 Å². The molecule has 0 unspecified atom stereocenters. The summed E-state index contributed by atoms with van der Waals surface area (Å²) in [6.07, 6.45) is 1.78. The third-order valence-electron chi connectivity index (χ3n) is 4.40. The number of H-pyrrole nitrogens is 1. The van der Waals surface area contributed by atoms with Crippen molar-refractivity contribution in [2.75, 3.05) is 5.75 Å². The lowest BCUT2D eigenvalue weighted by Crippen LogP contribution is -2.27. The fourth-order valence-corrected chi connectivity index (χ4v) is 3.96. The number of halogens is 2. The predicted molar refractivity (Wildman–Crippen MR) is 114 cm³/mol. The van der Waals surface area contributed by atoms with Crippen LogP contribution in [0.3, 0.4) is 0 Å². The summed E-state index contributed by atoms with van der Waals surface area (Å²) in [7, 11) is 0. The molecule has 0 fully saturated rings. The van der Waals surface area contributed by atoms with E-state index < -0.39 is 5.82 Å². The second-order valence-electron chi connectivity index (χ2n) is 6.72. The Kier molecular flexibility index (Phi) is 6.97. The maximum atomic E-state index is 13.1. The number of hydrogen-bond donors (Lipinski definition) is 2. The molecule has 0 saturated carbocycles. The van der Waals surface area contributed by atoms with Crippen molar-refractivity contribution < 1.29 is 9.18 Å². The number of aromatic nitrogens is 3. The van der Waals surface area contributed by atoms with E-state index >= 15 is 0 Å². The number of thioether (sulfide) groups is 1. The number of benzene rings is 1. The minimum absolute atomic E-state index is 0.103. The van der Waals surface area contributed by atoms with Crippen LogP contribution in [0.5, 0.6) is 0 Å². The lowest BCUT2D eigenvalue weighted by Gasteiger charge is -2.12. The molecule has 154 valence electrons. The van der Waals surface area contributed by atoms with E-state index in [1.165, 1.54) is 30.0 Å². The molecule has 1 aromatic carbocycles. The van der Waals surface area contributed by atoms with Crippen LogP contribution >= 0.6 is 23.4 Å². The molecule has 2 aromatic heterocycles. The monoisotopic (exact) mass is 436 g/mol. The number of carbonyl (C=O) groups excluding carboxylic acids is 1. The lowest BCUT2D eigenvalue weighted by atomic mass is 10.2. The van der Waals surface area contributed by atoms with Crippen LogP contribution in [0.1, 0.15) is 31.0 Å². The highest BCUT2D eigenvalue weighted by molar-refractivity contribution is 7.99. The normalized spacial score (nSPS) is 11.2. The Hall–Kier alpha value is -2.32. The average Bonchev–Trinajstić information content (AvgIpc) is 3.05. The van der Waals surface area contributed by atoms with Gasteiger partial charge in [-0.1, -0.05) is 42.8 Å². The molecule has 0 bridgehead atoms. The van der Waals surface area contributed by atoms with Crippen molar-refractivity contribution in [3.63, 3.8) is 0 Å². The summed E-state index contributed by atoms with van der Waals surface area (Å²) in [6, 6.07) is 5.87. The standard InChI is InChI=1S/C20H22ClFN4O2S/c1-3-4-7-26-19(28)18-16(8-12(2)24-18)25-20(26)29-11-17(27)23-10-13-5-6-14(22)9-15(13)21/h5-6,8-9,24H,3-4,7,10-11H2,1-2H3,(H,23,27). The third-order valence-corrected chi connectivity index (χ3v) is 5.72. The zero-order valence-corrected chi connectivity index (χ0v) is 17.8. The first-order valence-electron chi connectivity index (χ1n) is 9.32. The molecule has 0 radical (unpaired) electrons. The molecule has 9 heteroatoms. The van der Waals surface area contributed by atoms with Crippen molar-refractivity contribution in [2.24, 2.45) is 0 Å². The Morgan fingerprint density at radius 3 is 2.90 bits per heavy atom. The second-order valence-corrected chi connectivity index (χ2v) is 8.07. The van der Waals surface area contributed by atoms with Gasteiger partial charge in [0.1, 0.15) is 11.3 Å². The number of carbonyl (C=O) groups is 1. The van der Waals surface area contributed by atoms with E-state index in [1.54, 1.807) is 4.57 Å². The molecule has 2 heterocycles. The van der Waals surface area contributed by atoms with E-state index in [-0.39, 0.29) is 28.8 Å². The summed E-state index contributed by atoms with van der Waals surface area (Å²) in [4.78, 5) is 32.7. The molecule has 29 heavy (non-hydrogen) atoms. The Morgan fingerprint density at radius 2 is 2.17 bits per heavy atom. The summed E-state index contributed by atoms with van der Waals surface area (Å²) in [5, 5.41) is 3.54. The quantitative estimate of drug-likeness (QED) is 0.412. The first-order valence-corrected chi connectivity index (χ1v) is 10.7. The fourth-order valence-electron chi connectivity index (χ4n) is 2.87. The lowest BCUT2D eigenvalue weighted by molar-refractivity contribution is -0.118. The third kappa shape index (κ3) is 5.19. The van der Waals surface area contributed by atoms with Crippen molar-refractivity contribution in [1.29, 1.82) is 0 Å². The van der Waals surface area contributed by atoms with Crippen LogP contribution in [0.25, 0.3) is 11.0 Å². The van der Waals surface area contributed by atoms with Crippen LogP contribution in [0, 0.1) is 12.7 Å². The van der Waals surface area contributed by atoms with Crippen LogP contribution < -0.4 is 10.9 Å². The molecule has 0 aliphatic rings. The van der Waals surface area contributed by atoms with Gasteiger partial charge in [-0.2, -0.15) is 0 Å². The predicted octanol–water partition coefficient (Wildman–Crippen LogP) is 4.03. The minimum Gasteiger partial charge on any atom is -0.353 e. The number of unbranched alkanes of at least 4 members (excludes halogenated alkanes) is 1. The molecule has 3 aromatic rings. The van der Waals surface area contributed by atoms with Crippen molar-refractivity contribution in [2.45, 2.75) is 44.9 Å². The van der Waals surface area contributed by atoms with Gasteiger partial charge in [-0.3, -0.25) is 14.2 Å². The molecule has 0 atom stereocenters. The van der Waals surface area contributed by atoms with Gasteiger partial charge in [-0.25, -0.2) is 9.37 Å². The van der Waals surface area contributed by atoms with Gasteiger partial charge in [0.05, 0.1) is 11.3 Å². The van der Waals surface area contributed by atoms with Crippen molar-refractivity contribution in [1.82, 2.24) is 19.9 Å². The largest absolute Gasteiger partial charge is 0.353 e. The molecule has 0 spiro atoms. The van der Waals surface area contributed by atoms with Gasteiger partial charge in [0.25, 0.3) is 5.56 Å². The highest BCUT2D eigenvalue weighted by Gasteiger charge is 2.15. The fraction of sp³-hybridized carbons (Fsp3) is 0.350. The van der Waals surface area contributed by atoms with E-state index in [0.29, 0.717) is 28.3 Å². The molecule has 6 nitrogen and oxygen atoms in total. The molecular formula is C20H22ClFN4O2S. The topological polar surface area (TPSA) is 79.8 Å². The maximum Gasteiger partial charge on any atom is 0.278 e. The van der Waals surface area contributed by atoms with Gasteiger partial charge < -0.3 is 10.3 Å². The Morgan fingerprint density at radius 1 is 1.38 bits per heavy atom. The van der Waals surface area contributed by atoms with Crippen LogP contribution in [-0.2, 0) is 17.9 Å². The van der Waals surface area contributed by atoms with E-state index in [9.17, 15) is 14.0 Å². The molecule has 0 aliphatic heterocycles. The van der Waals surface area contributed by atoms with Crippen LogP contribution in [-0.4, -0.2) is 26.2 Å². The van der Waals surface area contributed by atoms with Gasteiger partial charge >= 0.3 is 0 Å². The highest BCUT2D eigenvalue weighted by atomic mass is 35.5. The summed E-state index contributed by atoms with van der Waals surface area (Å²) in [6.45, 7) is 4.67. The zero-order chi connectivity index (χ0) is 21.0. The summed E-state index contributed by atoms with van der Waals surface area (Å²) in [5.74, 6) is -0.545. The van der Waals surface area contributed by atoms with Crippen molar-refractivity contribution >= 4 is 40.3 Å². The Bertz CT molecular complexity index is 1100. The number of nitrogens with one attached hydrogen (secondary N) is 2. The molecule has 3 rings (SSSR count). The van der Waals surface area contributed by atoms with Gasteiger partial charge in [-0.05, 0) is 37.1 Å². The van der Waals surface area contributed by atoms with E-state index in [1.807, 2.05) is 13.0 Å². The number of amides is 1. The molecule has 1 amide bonds. The number of aryl methyl sites for hydroxylation is 1. The first kappa shape index (κ1) is 21.4. The van der Waals surface area contributed by atoms with Gasteiger partial charge in [0.2, 0.25) is 5.91 Å². The highest BCUT2D eigenvalue weighted by Crippen LogP contribution is 2.20. The first-order chi connectivity index (χ1) is 13.9. The maximum absolute atomic E-state index is 13.1. The van der Waals surface area contributed by atoms with Crippen molar-refractivity contribution in [3.05, 3.63) is 56.7 Å². The number of rotatable bonds is 8. The van der Waals surface area contributed by atoms with Gasteiger partial charge in [-0.15, -0.1) is 0 Å². The van der Waals surface area contributed by atoms with Crippen LogP contribution in [0.4, 0.5) is 4.39 Å². The van der Waals surface area contributed by atoms with Crippen LogP contribution in [0.2, 0.25) is 5.02 Å².